The first-order chi connectivity index (χ1) is 15.2. The molecule has 1 aliphatic heterocycles. The summed E-state index contributed by atoms with van der Waals surface area (Å²) in [5.74, 6) is 1.06. The van der Waals surface area contributed by atoms with Gasteiger partial charge in [-0.1, -0.05) is 25.3 Å². The molecule has 0 atom stereocenters. The number of rotatable bonds is 4. The van der Waals surface area contributed by atoms with E-state index in [9.17, 15) is 9.18 Å². The van der Waals surface area contributed by atoms with Crippen LogP contribution < -0.4 is 5.56 Å². The van der Waals surface area contributed by atoms with Crippen LogP contribution in [0.1, 0.15) is 60.7 Å². The number of pyridine rings is 1. The minimum atomic E-state index is -0.249. The summed E-state index contributed by atoms with van der Waals surface area (Å²) in [4.78, 5) is 27.6. The number of benzene rings is 1. The van der Waals surface area contributed by atoms with Crippen molar-refractivity contribution >= 4 is 0 Å². The normalized spacial score (nSPS) is 17.5. The minimum absolute atomic E-state index is 0.0278. The zero-order chi connectivity index (χ0) is 21.2. The van der Waals surface area contributed by atoms with Gasteiger partial charge in [0.25, 0.3) is 5.56 Å². The van der Waals surface area contributed by atoms with E-state index < -0.39 is 0 Å². The molecule has 5 rings (SSSR count). The third-order valence-electron chi connectivity index (χ3n) is 6.53. The molecule has 0 spiro atoms. The lowest BCUT2D eigenvalue weighted by Crippen LogP contribution is -2.36. The number of fused-ring (bicyclic) bond motifs is 1. The van der Waals surface area contributed by atoms with Gasteiger partial charge in [0.15, 0.2) is 0 Å². The van der Waals surface area contributed by atoms with Crippen molar-refractivity contribution < 1.29 is 4.39 Å². The molecule has 1 aromatic carbocycles. The summed E-state index contributed by atoms with van der Waals surface area (Å²) in [6.45, 7) is 2.23. The number of H-pyrrole nitrogens is 1. The summed E-state index contributed by atoms with van der Waals surface area (Å²) >= 11 is 0. The second-order valence-corrected chi connectivity index (χ2v) is 8.73. The minimum Gasteiger partial charge on any atom is -0.310 e. The van der Waals surface area contributed by atoms with Crippen molar-refractivity contribution in [3.8, 4) is 11.3 Å². The molecule has 0 radical (unpaired) electrons. The molecule has 6 heteroatoms. The monoisotopic (exact) mass is 418 g/mol. The largest absolute Gasteiger partial charge is 0.310 e. The number of hydrogen-bond donors (Lipinski definition) is 1. The lowest BCUT2D eigenvalue weighted by molar-refractivity contribution is 0.240. The molecule has 1 N–H and O–H groups in total. The Hall–Kier alpha value is -2.86. The Labute approximate surface area is 181 Å². The van der Waals surface area contributed by atoms with Crippen LogP contribution in [0.3, 0.4) is 0 Å². The van der Waals surface area contributed by atoms with Gasteiger partial charge in [-0.05, 0) is 48.7 Å². The van der Waals surface area contributed by atoms with Crippen molar-refractivity contribution in [2.24, 2.45) is 0 Å². The third-order valence-corrected chi connectivity index (χ3v) is 6.53. The van der Waals surface area contributed by atoms with Crippen LogP contribution in [0.4, 0.5) is 4.39 Å². The zero-order valence-electron chi connectivity index (χ0n) is 17.6. The Bertz CT molecular complexity index is 1100. The highest BCUT2D eigenvalue weighted by Crippen LogP contribution is 2.31. The number of nitrogens with one attached hydrogen (secondary N) is 1. The van der Waals surface area contributed by atoms with Gasteiger partial charge in [-0.2, -0.15) is 0 Å². The maximum Gasteiger partial charge on any atom is 0.255 e. The van der Waals surface area contributed by atoms with Crippen molar-refractivity contribution in [2.45, 2.75) is 57.5 Å². The van der Waals surface area contributed by atoms with E-state index in [2.05, 4.69) is 20.9 Å². The number of nitrogens with zero attached hydrogens (tertiary/aromatic N) is 3. The van der Waals surface area contributed by atoms with Gasteiger partial charge < -0.3 is 4.98 Å². The summed E-state index contributed by atoms with van der Waals surface area (Å²) < 4.78 is 13.1. The molecular formula is C25H27FN4O. The highest BCUT2D eigenvalue weighted by atomic mass is 19.1. The van der Waals surface area contributed by atoms with E-state index in [0.29, 0.717) is 12.5 Å². The molecule has 0 amide bonds. The Balaban J connectivity index is 1.27. The first-order valence-electron chi connectivity index (χ1n) is 11.2. The third kappa shape index (κ3) is 4.44. The molecule has 5 nitrogen and oxygen atoms in total. The summed E-state index contributed by atoms with van der Waals surface area (Å²) in [5.41, 5.74) is 4.62. The molecule has 3 heterocycles. The van der Waals surface area contributed by atoms with Crippen molar-refractivity contribution in [2.75, 3.05) is 6.54 Å². The number of hydrogen-bond acceptors (Lipinski definition) is 4. The summed E-state index contributed by atoms with van der Waals surface area (Å²) in [6.07, 6.45) is 8.69. The van der Waals surface area contributed by atoms with Crippen LogP contribution in [0, 0.1) is 5.82 Å². The molecule has 160 valence electrons. The number of halogens is 1. The fraction of sp³-hybridized carbons (Fsp3) is 0.400. The van der Waals surface area contributed by atoms with Gasteiger partial charge >= 0.3 is 0 Å². The van der Waals surface area contributed by atoms with Crippen molar-refractivity contribution in [1.29, 1.82) is 0 Å². The Morgan fingerprint density at radius 1 is 1.06 bits per heavy atom. The smallest absolute Gasteiger partial charge is 0.255 e. The van der Waals surface area contributed by atoms with Gasteiger partial charge in [0.1, 0.15) is 11.6 Å². The lowest BCUT2D eigenvalue weighted by Gasteiger charge is -2.28. The van der Waals surface area contributed by atoms with E-state index in [-0.39, 0.29) is 11.4 Å². The van der Waals surface area contributed by atoms with Gasteiger partial charge in [0, 0.05) is 43.7 Å². The van der Waals surface area contributed by atoms with Crippen LogP contribution in [-0.4, -0.2) is 26.4 Å². The Morgan fingerprint density at radius 3 is 2.61 bits per heavy atom. The standard InChI is InChI=1S/C25H27FN4O/c26-20-9-7-18(8-10-20)22-11-6-17(14-27-22)15-30-13-12-23-21(16-30)25(31)29-24(28-23)19-4-2-1-3-5-19/h6-11,14,19H,1-5,12-13,15-16H2,(H,28,29,31). The fourth-order valence-corrected chi connectivity index (χ4v) is 4.77. The van der Waals surface area contributed by atoms with Gasteiger partial charge in [0.2, 0.25) is 0 Å². The predicted octanol–water partition coefficient (Wildman–Crippen LogP) is 4.58. The highest BCUT2D eigenvalue weighted by molar-refractivity contribution is 5.58. The summed E-state index contributed by atoms with van der Waals surface area (Å²) in [7, 11) is 0. The summed E-state index contributed by atoms with van der Waals surface area (Å²) in [6, 6.07) is 10.4. The quantitative estimate of drug-likeness (QED) is 0.674. The molecule has 1 saturated carbocycles. The lowest BCUT2D eigenvalue weighted by atomic mass is 9.88. The van der Waals surface area contributed by atoms with Crippen molar-refractivity contribution in [1.82, 2.24) is 19.9 Å². The second kappa shape index (κ2) is 8.71. The van der Waals surface area contributed by atoms with Crippen LogP contribution in [-0.2, 0) is 19.5 Å². The molecule has 2 aromatic heterocycles. The van der Waals surface area contributed by atoms with E-state index in [1.807, 2.05) is 12.3 Å². The summed E-state index contributed by atoms with van der Waals surface area (Å²) in [5, 5.41) is 0. The van der Waals surface area contributed by atoms with E-state index in [4.69, 9.17) is 4.98 Å². The molecule has 31 heavy (non-hydrogen) atoms. The van der Waals surface area contributed by atoms with E-state index in [1.165, 1.54) is 31.4 Å². The second-order valence-electron chi connectivity index (χ2n) is 8.73. The predicted molar refractivity (Wildman–Crippen MR) is 118 cm³/mol. The fourth-order valence-electron chi connectivity index (χ4n) is 4.77. The van der Waals surface area contributed by atoms with Gasteiger partial charge in [-0.25, -0.2) is 9.37 Å². The number of aromatic amines is 1. The van der Waals surface area contributed by atoms with Crippen LogP contribution in [0.25, 0.3) is 11.3 Å². The molecule has 3 aromatic rings. The molecule has 0 bridgehead atoms. The van der Waals surface area contributed by atoms with Gasteiger partial charge in [-0.15, -0.1) is 0 Å². The van der Waals surface area contributed by atoms with E-state index in [0.717, 1.165) is 66.3 Å². The zero-order valence-corrected chi connectivity index (χ0v) is 17.6. The van der Waals surface area contributed by atoms with Gasteiger partial charge in [-0.3, -0.25) is 14.7 Å². The number of aromatic nitrogens is 3. The van der Waals surface area contributed by atoms with Crippen LogP contribution in [0.15, 0.2) is 47.4 Å². The van der Waals surface area contributed by atoms with E-state index >= 15 is 0 Å². The van der Waals surface area contributed by atoms with Crippen LogP contribution >= 0.6 is 0 Å². The molecule has 0 unspecified atom stereocenters. The SMILES string of the molecule is O=c1[nH]c(C2CCCCC2)nc2c1CN(Cc1ccc(-c3ccc(F)cc3)nc1)CC2. The van der Waals surface area contributed by atoms with E-state index in [1.54, 1.807) is 12.1 Å². The first kappa shape index (κ1) is 20.1. The topological polar surface area (TPSA) is 61.9 Å². The highest BCUT2D eigenvalue weighted by Gasteiger charge is 2.24. The van der Waals surface area contributed by atoms with Crippen molar-refractivity contribution in [3.63, 3.8) is 0 Å². The van der Waals surface area contributed by atoms with Gasteiger partial charge in [0.05, 0.1) is 17.0 Å². The van der Waals surface area contributed by atoms with Crippen LogP contribution in [0.5, 0.6) is 0 Å². The molecule has 1 aliphatic carbocycles. The average molecular weight is 419 g/mol. The molecule has 0 saturated heterocycles. The molecule has 1 fully saturated rings. The molecule has 2 aliphatic rings. The average Bonchev–Trinajstić information content (AvgIpc) is 2.81. The maximum atomic E-state index is 13.1. The molecular weight excluding hydrogens is 391 g/mol. The Kier molecular flexibility index (Phi) is 5.64. The van der Waals surface area contributed by atoms with Crippen LogP contribution in [0.2, 0.25) is 0 Å². The Morgan fingerprint density at radius 2 is 1.87 bits per heavy atom. The van der Waals surface area contributed by atoms with Crippen molar-refractivity contribution in [3.05, 3.63) is 81.4 Å². The maximum absolute atomic E-state index is 13.1. The first-order valence-corrected chi connectivity index (χ1v) is 11.2.